The average Bonchev–Trinajstić information content (AvgIpc) is 2.52. The van der Waals surface area contributed by atoms with Gasteiger partial charge >= 0.3 is 5.97 Å². The van der Waals surface area contributed by atoms with E-state index >= 15 is 0 Å². The highest BCUT2D eigenvalue weighted by molar-refractivity contribution is 5.89. The molecule has 1 aliphatic carbocycles. The molecule has 0 radical (unpaired) electrons. The molecule has 0 bridgehead atoms. The molecule has 2 unspecified atom stereocenters. The standard InChI is InChI=1S/C20H35NO2/c1-8-9-10-11-18(21-6)20(4,5)17-13-16(19(22)23-7)12-14(2)15(17)3/h13-14,18,21H,8-12H2,1-7H3. The largest absolute Gasteiger partial charge is 0.466 e. The maximum Gasteiger partial charge on any atom is 0.333 e. The molecule has 3 nitrogen and oxygen atoms in total. The van der Waals surface area contributed by atoms with Crippen molar-refractivity contribution < 1.29 is 9.53 Å². The zero-order chi connectivity index (χ0) is 17.6. The zero-order valence-corrected chi connectivity index (χ0v) is 16.1. The van der Waals surface area contributed by atoms with Crippen molar-refractivity contribution in [1.82, 2.24) is 5.32 Å². The van der Waals surface area contributed by atoms with Crippen molar-refractivity contribution in [3.05, 3.63) is 22.8 Å². The fourth-order valence-electron chi connectivity index (χ4n) is 3.72. The summed E-state index contributed by atoms with van der Waals surface area (Å²) in [5.41, 5.74) is 3.49. The monoisotopic (exact) mass is 321 g/mol. The molecule has 0 aromatic rings. The summed E-state index contributed by atoms with van der Waals surface area (Å²) in [6.07, 6.45) is 7.77. The van der Waals surface area contributed by atoms with Crippen LogP contribution in [0.5, 0.6) is 0 Å². The minimum atomic E-state index is -0.190. The number of carbonyl (C=O) groups is 1. The molecule has 23 heavy (non-hydrogen) atoms. The Labute approximate surface area is 142 Å². The Morgan fingerprint density at radius 2 is 2.09 bits per heavy atom. The van der Waals surface area contributed by atoms with Crippen molar-refractivity contribution >= 4 is 5.97 Å². The molecule has 0 spiro atoms. The SMILES string of the molecule is CCCCCC(NC)C(C)(C)C1=C(C)C(C)CC(C(=O)OC)=C1. The Morgan fingerprint density at radius 1 is 1.43 bits per heavy atom. The second kappa shape index (κ2) is 8.68. The van der Waals surface area contributed by atoms with Gasteiger partial charge < -0.3 is 10.1 Å². The molecule has 0 fully saturated rings. The number of esters is 1. The molecule has 2 atom stereocenters. The van der Waals surface area contributed by atoms with Crippen LogP contribution in [0, 0.1) is 11.3 Å². The van der Waals surface area contributed by atoms with E-state index in [9.17, 15) is 4.79 Å². The topological polar surface area (TPSA) is 38.3 Å². The Morgan fingerprint density at radius 3 is 2.61 bits per heavy atom. The van der Waals surface area contributed by atoms with Gasteiger partial charge in [-0.3, -0.25) is 0 Å². The lowest BCUT2D eigenvalue weighted by Crippen LogP contribution is -2.42. The Hall–Kier alpha value is -1.09. The number of nitrogens with one attached hydrogen (secondary N) is 1. The fraction of sp³-hybridized carbons (Fsp3) is 0.750. The summed E-state index contributed by atoms with van der Waals surface area (Å²) in [4.78, 5) is 12.0. The molecule has 0 amide bonds. The van der Waals surface area contributed by atoms with Crippen molar-refractivity contribution in [3.63, 3.8) is 0 Å². The lowest BCUT2D eigenvalue weighted by Gasteiger charge is -2.39. The van der Waals surface area contributed by atoms with E-state index in [0.717, 1.165) is 18.4 Å². The number of rotatable bonds is 8. The molecular weight excluding hydrogens is 286 g/mol. The third-order valence-electron chi connectivity index (χ3n) is 5.47. The highest BCUT2D eigenvalue weighted by Gasteiger charge is 2.35. The number of carbonyl (C=O) groups excluding carboxylic acids is 1. The van der Waals surface area contributed by atoms with E-state index in [1.807, 2.05) is 7.05 Å². The van der Waals surface area contributed by atoms with Crippen molar-refractivity contribution in [2.24, 2.45) is 11.3 Å². The summed E-state index contributed by atoms with van der Waals surface area (Å²) < 4.78 is 4.96. The number of methoxy groups -OCH3 is 1. The molecule has 0 saturated carbocycles. The van der Waals surface area contributed by atoms with Gasteiger partial charge in [-0.2, -0.15) is 0 Å². The lowest BCUT2D eigenvalue weighted by molar-refractivity contribution is -0.136. The van der Waals surface area contributed by atoms with Gasteiger partial charge in [0.25, 0.3) is 0 Å². The van der Waals surface area contributed by atoms with E-state index in [4.69, 9.17) is 4.74 Å². The average molecular weight is 322 g/mol. The summed E-state index contributed by atoms with van der Waals surface area (Å²) in [6.45, 7) is 11.2. The van der Waals surface area contributed by atoms with Gasteiger partial charge in [-0.1, -0.05) is 52.5 Å². The Kier molecular flexibility index (Phi) is 7.53. The summed E-state index contributed by atoms with van der Waals surface area (Å²) in [5, 5.41) is 3.51. The van der Waals surface area contributed by atoms with E-state index < -0.39 is 0 Å². The Balaban J connectivity index is 3.12. The minimum Gasteiger partial charge on any atom is -0.466 e. The Bertz CT molecular complexity index is 474. The van der Waals surface area contributed by atoms with Crippen LogP contribution in [-0.2, 0) is 9.53 Å². The van der Waals surface area contributed by atoms with Gasteiger partial charge in [0, 0.05) is 17.0 Å². The molecule has 0 aliphatic heterocycles. The summed E-state index contributed by atoms with van der Waals surface area (Å²) in [6, 6.07) is 0.402. The van der Waals surface area contributed by atoms with Gasteiger partial charge in [0.1, 0.15) is 0 Å². The van der Waals surface area contributed by atoms with E-state index in [-0.39, 0.29) is 11.4 Å². The molecule has 0 heterocycles. The number of unbranched alkanes of at least 4 members (excludes halogenated alkanes) is 2. The quantitative estimate of drug-likeness (QED) is 0.523. The third-order valence-corrected chi connectivity index (χ3v) is 5.47. The number of ether oxygens (including phenoxy) is 1. The molecule has 1 N–H and O–H groups in total. The summed E-state index contributed by atoms with van der Waals surface area (Å²) in [5.74, 6) is 0.196. The smallest absolute Gasteiger partial charge is 0.333 e. The van der Waals surface area contributed by atoms with Crippen molar-refractivity contribution in [2.75, 3.05) is 14.2 Å². The first-order valence-electron chi connectivity index (χ1n) is 8.96. The molecule has 0 aromatic heterocycles. The molecule has 0 saturated heterocycles. The molecular formula is C20H35NO2. The minimum absolute atomic E-state index is 0.0134. The van der Waals surface area contributed by atoms with E-state index in [2.05, 4.69) is 46.0 Å². The fourth-order valence-corrected chi connectivity index (χ4v) is 3.72. The first-order chi connectivity index (χ1) is 10.8. The maximum absolute atomic E-state index is 12.0. The van der Waals surface area contributed by atoms with Gasteiger partial charge in [0.05, 0.1) is 7.11 Å². The van der Waals surface area contributed by atoms with Crippen molar-refractivity contribution in [2.45, 2.75) is 72.8 Å². The highest BCUT2D eigenvalue weighted by atomic mass is 16.5. The first kappa shape index (κ1) is 20.0. The lowest BCUT2D eigenvalue weighted by atomic mass is 9.69. The van der Waals surface area contributed by atoms with E-state index in [0.29, 0.717) is 12.0 Å². The predicted octanol–water partition coefficient (Wildman–Crippen LogP) is 4.64. The summed E-state index contributed by atoms with van der Waals surface area (Å²) >= 11 is 0. The maximum atomic E-state index is 12.0. The van der Waals surface area contributed by atoms with Crippen LogP contribution in [-0.4, -0.2) is 26.2 Å². The zero-order valence-electron chi connectivity index (χ0n) is 16.1. The van der Waals surface area contributed by atoms with Crippen LogP contribution in [0.15, 0.2) is 22.8 Å². The van der Waals surface area contributed by atoms with E-state index in [1.54, 1.807) is 0 Å². The molecule has 1 rings (SSSR count). The normalized spacial score (nSPS) is 20.3. The first-order valence-corrected chi connectivity index (χ1v) is 8.96. The predicted molar refractivity (Wildman–Crippen MR) is 97.4 cm³/mol. The number of hydrogen-bond donors (Lipinski definition) is 1. The molecule has 0 aromatic carbocycles. The molecule has 132 valence electrons. The second-order valence-electron chi connectivity index (χ2n) is 7.42. The molecule has 1 aliphatic rings. The van der Waals surface area contributed by atoms with Gasteiger partial charge in [-0.15, -0.1) is 0 Å². The van der Waals surface area contributed by atoms with Gasteiger partial charge in [-0.25, -0.2) is 4.79 Å². The van der Waals surface area contributed by atoms with Crippen LogP contribution in [0.1, 0.15) is 66.7 Å². The second-order valence-corrected chi connectivity index (χ2v) is 7.42. The van der Waals surface area contributed by atoms with Gasteiger partial charge in [-0.05, 0) is 44.4 Å². The van der Waals surface area contributed by atoms with Gasteiger partial charge in [0.2, 0.25) is 0 Å². The third kappa shape index (κ3) is 4.69. The van der Waals surface area contributed by atoms with Gasteiger partial charge in [0.15, 0.2) is 0 Å². The summed E-state index contributed by atoms with van der Waals surface area (Å²) in [7, 11) is 3.51. The van der Waals surface area contributed by atoms with Crippen LogP contribution in [0.4, 0.5) is 0 Å². The van der Waals surface area contributed by atoms with E-state index in [1.165, 1.54) is 37.5 Å². The van der Waals surface area contributed by atoms with Crippen LogP contribution in [0.2, 0.25) is 0 Å². The van der Waals surface area contributed by atoms with Crippen LogP contribution < -0.4 is 5.32 Å². The number of hydrogen-bond acceptors (Lipinski definition) is 3. The van der Waals surface area contributed by atoms with Crippen molar-refractivity contribution in [3.8, 4) is 0 Å². The van der Waals surface area contributed by atoms with Crippen LogP contribution in [0.3, 0.4) is 0 Å². The van der Waals surface area contributed by atoms with Crippen LogP contribution >= 0.6 is 0 Å². The van der Waals surface area contributed by atoms with Crippen molar-refractivity contribution in [1.29, 1.82) is 0 Å². The molecule has 3 heteroatoms. The van der Waals surface area contributed by atoms with Crippen LogP contribution in [0.25, 0.3) is 0 Å². The number of allylic oxidation sites excluding steroid dienone is 2. The highest BCUT2D eigenvalue weighted by Crippen LogP contribution is 2.42.